The van der Waals surface area contributed by atoms with Crippen LogP contribution in [0.3, 0.4) is 0 Å². The van der Waals surface area contributed by atoms with E-state index in [0.29, 0.717) is 35.2 Å². The number of benzene rings is 2. The van der Waals surface area contributed by atoms with Gasteiger partial charge in [0.2, 0.25) is 0 Å². The first-order valence-electron chi connectivity index (χ1n) is 18.7. The molecule has 9 rings (SSSR count). The number of ether oxygens (including phenoxy) is 2. The molecule has 0 bridgehead atoms. The second kappa shape index (κ2) is 12.9. The zero-order chi connectivity index (χ0) is 41.9. The average Bonchev–Trinajstić information content (AvgIpc) is 4.08. The van der Waals surface area contributed by atoms with Crippen molar-refractivity contribution in [2.45, 2.75) is 75.4 Å². The van der Waals surface area contributed by atoms with Crippen molar-refractivity contribution in [1.82, 2.24) is 14.0 Å². The predicted molar refractivity (Wildman–Crippen MR) is 196 cm³/mol. The van der Waals surface area contributed by atoms with Crippen molar-refractivity contribution in [3.8, 4) is 41.4 Å². The van der Waals surface area contributed by atoms with E-state index in [0.717, 1.165) is 23.1 Å². The third-order valence-electron chi connectivity index (χ3n) is 11.4. The summed E-state index contributed by atoms with van der Waals surface area (Å²) in [7, 11) is 0. The average molecular weight is 819 g/mol. The van der Waals surface area contributed by atoms with E-state index in [1.165, 1.54) is 22.8 Å². The summed E-state index contributed by atoms with van der Waals surface area (Å²) >= 11 is 0. The minimum Gasteiger partial charge on any atom is -0.475 e. The second-order valence-electron chi connectivity index (χ2n) is 15.2. The molecule has 5 heterocycles. The number of halogens is 5. The number of urea groups is 1. The topological polar surface area (TPSA) is 144 Å². The first-order valence-corrected chi connectivity index (χ1v) is 18.7. The highest BCUT2D eigenvalue weighted by Gasteiger charge is 2.59. The molecule has 4 aliphatic heterocycles. The number of carbonyl (C=O) groups is 4. The van der Waals surface area contributed by atoms with E-state index < -0.39 is 93.9 Å². The molecule has 0 radical (unpaired) electrons. The lowest BCUT2D eigenvalue weighted by Crippen LogP contribution is -2.48. The molecule has 2 aliphatic carbocycles. The van der Waals surface area contributed by atoms with Crippen LogP contribution in [0.15, 0.2) is 39.9 Å². The molecule has 19 heteroatoms. The van der Waals surface area contributed by atoms with Gasteiger partial charge in [0.05, 0.1) is 35.8 Å². The third kappa shape index (κ3) is 5.77. The van der Waals surface area contributed by atoms with Gasteiger partial charge >= 0.3 is 17.9 Å². The van der Waals surface area contributed by atoms with E-state index in [4.69, 9.17) is 15.9 Å². The van der Waals surface area contributed by atoms with E-state index in [2.05, 4.69) is 17.8 Å². The zero-order valence-electron chi connectivity index (χ0n) is 31.0. The molecular formula is C40H31F5N6O8. The smallest absolute Gasteiger partial charge is 0.431 e. The van der Waals surface area contributed by atoms with Crippen LogP contribution < -0.4 is 35.4 Å². The van der Waals surface area contributed by atoms with Crippen molar-refractivity contribution < 1.29 is 50.6 Å². The summed E-state index contributed by atoms with van der Waals surface area (Å²) in [6.45, 7) is 0.601. The van der Waals surface area contributed by atoms with E-state index in [1.54, 1.807) is 0 Å². The van der Waals surface area contributed by atoms with Crippen LogP contribution in [0, 0.1) is 41.7 Å². The minimum atomic E-state index is -5.05. The van der Waals surface area contributed by atoms with Crippen molar-refractivity contribution >= 4 is 40.8 Å². The van der Waals surface area contributed by atoms with Gasteiger partial charge in [0.25, 0.3) is 23.3 Å². The Morgan fingerprint density at radius 3 is 1.93 bits per heavy atom. The van der Waals surface area contributed by atoms with Gasteiger partial charge in [-0.25, -0.2) is 27.8 Å². The fourth-order valence-electron chi connectivity index (χ4n) is 8.20. The summed E-state index contributed by atoms with van der Waals surface area (Å²) in [5.41, 5.74) is -7.82. The van der Waals surface area contributed by atoms with Gasteiger partial charge in [0.1, 0.15) is 23.2 Å². The van der Waals surface area contributed by atoms with E-state index in [1.807, 2.05) is 0 Å². The molecule has 4 fully saturated rings. The lowest BCUT2D eigenvalue weighted by atomic mass is 10.0. The number of hydrogen-bond donors (Lipinski definition) is 0. The van der Waals surface area contributed by atoms with Crippen LogP contribution in [-0.2, 0) is 27.1 Å². The summed E-state index contributed by atoms with van der Waals surface area (Å²) in [6.07, 6.45) is 2.08. The number of amides is 5. The van der Waals surface area contributed by atoms with Crippen LogP contribution >= 0.6 is 0 Å². The summed E-state index contributed by atoms with van der Waals surface area (Å²) in [5.74, 6) is 3.86. The maximum absolute atomic E-state index is 15.7. The Morgan fingerprint density at radius 1 is 0.814 bits per heavy atom. The molecule has 1 aromatic heterocycles. The molecule has 14 nitrogen and oxygen atoms in total. The van der Waals surface area contributed by atoms with Gasteiger partial charge in [-0.05, 0) is 25.0 Å². The summed E-state index contributed by atoms with van der Waals surface area (Å²) in [6, 6.07) is 2.44. The van der Waals surface area contributed by atoms with Gasteiger partial charge in [-0.2, -0.15) is 13.2 Å². The zero-order valence-corrected chi connectivity index (χ0v) is 31.0. The van der Waals surface area contributed by atoms with Crippen molar-refractivity contribution in [2.75, 3.05) is 34.3 Å². The SMILES string of the molecule is C#CCN1C(=O)C2(CC2)Oc2cc(F)c(N3C(=O)C4CC(C#CCN5C(=O)C6(CC6)Oc6cc(F)c(-n7c(=O)cc(C(F)(F)F)n(CCC)c7=O)cc65)CN4C3=O)cc21. The maximum atomic E-state index is 15.7. The number of alkyl halides is 3. The number of hydrogen-bond acceptors (Lipinski definition) is 8. The highest BCUT2D eigenvalue weighted by atomic mass is 19.4. The van der Waals surface area contributed by atoms with Crippen LogP contribution in [0.4, 0.5) is 43.8 Å². The number of terminal acetylenes is 1. The highest BCUT2D eigenvalue weighted by molar-refractivity contribution is 6.22. The molecule has 2 spiro atoms. The van der Waals surface area contributed by atoms with E-state index in [-0.39, 0.29) is 71.7 Å². The minimum absolute atomic E-state index is 0.0353. The molecule has 2 aromatic carbocycles. The summed E-state index contributed by atoms with van der Waals surface area (Å²) in [4.78, 5) is 84.9. The van der Waals surface area contributed by atoms with Gasteiger partial charge in [0, 0.05) is 62.9 Å². The Morgan fingerprint density at radius 2 is 1.39 bits per heavy atom. The molecule has 2 saturated carbocycles. The van der Waals surface area contributed by atoms with Crippen molar-refractivity contribution in [3.63, 3.8) is 0 Å². The molecule has 2 unspecified atom stereocenters. The molecule has 2 atom stereocenters. The Balaban J connectivity index is 0.972. The fraction of sp³-hybridized carbons (Fsp3) is 0.400. The standard InChI is InChI=1S/C40H31F5N6O8/c1-3-11-46-26-18-25(23(42)16-29(26)58-38(7-8-38)34(46)54)51-33(53)28-14-21(20-49(28)37(51)57)6-5-13-47-27-17-24(22(41)15-30(27)59-39(9-10-39)35(47)55)50-32(52)19-31(40(43,44)45)48(12-4-2)36(50)56/h1,15-19,21,28H,4,7-14,20H2,2H3. The molecule has 59 heavy (non-hydrogen) atoms. The summed E-state index contributed by atoms with van der Waals surface area (Å²) < 4.78 is 84.9. The van der Waals surface area contributed by atoms with Gasteiger partial charge in [0.15, 0.2) is 22.8 Å². The van der Waals surface area contributed by atoms with Crippen LogP contribution in [0.2, 0.25) is 0 Å². The normalized spacial score (nSPS) is 21.8. The number of anilines is 3. The number of nitrogens with zero attached hydrogens (tertiary/aromatic N) is 6. The molecule has 0 N–H and O–H groups in total. The molecule has 6 aliphatic rings. The second-order valence-corrected chi connectivity index (χ2v) is 15.2. The largest absolute Gasteiger partial charge is 0.475 e. The van der Waals surface area contributed by atoms with Crippen LogP contribution in [0.1, 0.15) is 51.1 Å². The Labute approximate surface area is 330 Å². The number of fused-ring (bicyclic) bond motifs is 3. The number of imide groups is 1. The van der Waals surface area contributed by atoms with Crippen molar-refractivity contribution in [2.24, 2.45) is 5.92 Å². The molecular weight excluding hydrogens is 787 g/mol. The molecule has 5 amide bonds. The van der Waals surface area contributed by atoms with Crippen LogP contribution in [-0.4, -0.2) is 74.7 Å². The van der Waals surface area contributed by atoms with Crippen LogP contribution in [0.5, 0.6) is 11.5 Å². The third-order valence-corrected chi connectivity index (χ3v) is 11.4. The molecule has 3 aromatic rings. The summed E-state index contributed by atoms with van der Waals surface area (Å²) in [5, 5.41) is 0. The number of rotatable bonds is 6. The Hall–Kier alpha value is -6.63. The fourth-order valence-corrected chi connectivity index (χ4v) is 8.20. The first-order chi connectivity index (χ1) is 28.0. The quantitative estimate of drug-likeness (QED) is 0.208. The number of carbonyl (C=O) groups excluding carboxylic acids is 4. The van der Waals surface area contributed by atoms with Crippen molar-refractivity contribution in [1.29, 1.82) is 0 Å². The van der Waals surface area contributed by atoms with Gasteiger partial charge in [-0.1, -0.05) is 24.7 Å². The first kappa shape index (κ1) is 37.9. The Kier molecular flexibility index (Phi) is 8.31. The lowest BCUT2D eigenvalue weighted by molar-refractivity contribution is -0.144. The highest BCUT2D eigenvalue weighted by Crippen LogP contribution is 2.52. The number of aromatic nitrogens is 2. The van der Waals surface area contributed by atoms with E-state index in [9.17, 15) is 41.9 Å². The van der Waals surface area contributed by atoms with Crippen LogP contribution in [0.25, 0.3) is 5.69 Å². The molecule has 2 saturated heterocycles. The van der Waals surface area contributed by atoms with Gasteiger partial charge < -0.3 is 14.4 Å². The van der Waals surface area contributed by atoms with Crippen molar-refractivity contribution in [3.05, 3.63) is 68.5 Å². The lowest BCUT2D eigenvalue weighted by Gasteiger charge is -2.34. The van der Waals surface area contributed by atoms with Gasteiger partial charge in [-0.15, -0.1) is 6.42 Å². The van der Waals surface area contributed by atoms with E-state index >= 15 is 8.78 Å². The maximum Gasteiger partial charge on any atom is 0.431 e. The predicted octanol–water partition coefficient (Wildman–Crippen LogP) is 3.72. The Bertz CT molecular complexity index is 2640. The monoisotopic (exact) mass is 818 g/mol. The molecule has 304 valence electrons. The van der Waals surface area contributed by atoms with Gasteiger partial charge in [-0.3, -0.25) is 33.5 Å².